The van der Waals surface area contributed by atoms with E-state index in [1.54, 1.807) is 17.5 Å². The average molecular weight is 345 g/mol. The molecule has 0 aliphatic carbocycles. The van der Waals surface area contributed by atoms with Gasteiger partial charge in [0.05, 0.1) is 27.3 Å². The number of nitrogens with zero attached hydrogens (tertiary/aromatic N) is 2. The molecule has 1 amide bonds. The van der Waals surface area contributed by atoms with Crippen LogP contribution in [0.25, 0.3) is 21.5 Å². The number of hydrogen-bond donors (Lipinski definition) is 1. The van der Waals surface area contributed by atoms with Gasteiger partial charge in [-0.3, -0.25) is 14.8 Å². The highest BCUT2D eigenvalue weighted by atomic mass is 32.1. The van der Waals surface area contributed by atoms with Gasteiger partial charge in [-0.1, -0.05) is 18.2 Å². The van der Waals surface area contributed by atoms with E-state index in [-0.39, 0.29) is 5.91 Å². The van der Waals surface area contributed by atoms with Gasteiger partial charge in [0.2, 0.25) is 0 Å². The lowest BCUT2D eigenvalue weighted by Gasteiger charge is -2.09. The number of amides is 1. The Kier molecular flexibility index (Phi) is 3.99. The molecule has 0 fully saturated rings. The minimum absolute atomic E-state index is 0.169. The molecule has 1 aromatic carbocycles. The lowest BCUT2D eigenvalue weighted by molar-refractivity contribution is 0.102. The summed E-state index contributed by atoms with van der Waals surface area (Å²) in [5.41, 5.74) is 3.74. The van der Waals surface area contributed by atoms with Crippen LogP contribution in [0.4, 0.5) is 5.69 Å². The molecule has 0 bridgehead atoms. The van der Waals surface area contributed by atoms with Crippen molar-refractivity contribution in [2.75, 3.05) is 5.32 Å². The van der Waals surface area contributed by atoms with Gasteiger partial charge in [-0.25, -0.2) is 0 Å². The van der Waals surface area contributed by atoms with E-state index < -0.39 is 0 Å². The summed E-state index contributed by atoms with van der Waals surface area (Å²) in [6.07, 6.45) is 1.74. The third kappa shape index (κ3) is 3.14. The maximum atomic E-state index is 12.6. The van der Waals surface area contributed by atoms with Gasteiger partial charge < -0.3 is 5.32 Å². The van der Waals surface area contributed by atoms with Gasteiger partial charge in [0.25, 0.3) is 5.91 Å². The third-order valence-corrected chi connectivity index (χ3v) is 4.86. The molecule has 0 aliphatic heterocycles. The second kappa shape index (κ2) is 6.45. The molecular formula is C20H15N3OS. The summed E-state index contributed by atoms with van der Waals surface area (Å²) in [4.78, 5) is 22.6. The number of hydrogen-bond acceptors (Lipinski definition) is 4. The van der Waals surface area contributed by atoms with Crippen molar-refractivity contribution >= 4 is 33.8 Å². The fourth-order valence-electron chi connectivity index (χ4n) is 2.71. The highest BCUT2D eigenvalue weighted by Crippen LogP contribution is 2.24. The number of rotatable bonds is 3. The van der Waals surface area contributed by atoms with E-state index in [0.29, 0.717) is 11.3 Å². The van der Waals surface area contributed by atoms with E-state index in [0.717, 1.165) is 27.2 Å². The first-order chi connectivity index (χ1) is 12.2. The molecule has 0 atom stereocenters. The number of benzene rings is 1. The minimum Gasteiger partial charge on any atom is -0.322 e. The first-order valence-corrected chi connectivity index (χ1v) is 8.76. The molecule has 4 aromatic rings. The molecule has 1 N–H and O–H groups in total. The van der Waals surface area contributed by atoms with Crippen molar-refractivity contribution in [3.63, 3.8) is 0 Å². The largest absolute Gasteiger partial charge is 0.322 e. The van der Waals surface area contributed by atoms with Crippen molar-refractivity contribution in [3.05, 3.63) is 77.4 Å². The molecule has 3 aromatic heterocycles. The fraction of sp³-hybridized carbons (Fsp3) is 0.0500. The molecule has 3 heterocycles. The molecule has 5 heteroatoms. The molecular weight excluding hydrogens is 330 g/mol. The maximum absolute atomic E-state index is 12.6. The first-order valence-electron chi connectivity index (χ1n) is 7.88. The van der Waals surface area contributed by atoms with Gasteiger partial charge in [-0.15, -0.1) is 11.3 Å². The predicted molar refractivity (Wildman–Crippen MR) is 102 cm³/mol. The van der Waals surface area contributed by atoms with E-state index in [2.05, 4.69) is 15.3 Å². The lowest BCUT2D eigenvalue weighted by atomic mass is 10.1. The Morgan fingerprint density at radius 1 is 1.08 bits per heavy atom. The van der Waals surface area contributed by atoms with Crippen molar-refractivity contribution in [2.45, 2.75) is 6.92 Å². The van der Waals surface area contributed by atoms with E-state index in [1.807, 2.05) is 66.9 Å². The zero-order valence-electron chi connectivity index (χ0n) is 13.6. The van der Waals surface area contributed by atoms with Crippen LogP contribution in [0.5, 0.6) is 0 Å². The van der Waals surface area contributed by atoms with Gasteiger partial charge in [0.15, 0.2) is 0 Å². The first kappa shape index (κ1) is 15.5. The molecule has 0 saturated heterocycles. The van der Waals surface area contributed by atoms with E-state index in [4.69, 9.17) is 0 Å². The Hall–Kier alpha value is -3.05. The Morgan fingerprint density at radius 3 is 2.80 bits per heavy atom. The molecule has 0 spiro atoms. The van der Waals surface area contributed by atoms with Gasteiger partial charge >= 0.3 is 0 Å². The van der Waals surface area contributed by atoms with Crippen molar-refractivity contribution in [3.8, 4) is 10.6 Å². The quantitative estimate of drug-likeness (QED) is 0.573. The van der Waals surface area contributed by atoms with E-state index in [1.165, 1.54) is 0 Å². The van der Waals surface area contributed by atoms with E-state index in [9.17, 15) is 4.79 Å². The van der Waals surface area contributed by atoms with Crippen LogP contribution in [0.2, 0.25) is 0 Å². The Balaban J connectivity index is 1.59. The summed E-state index contributed by atoms with van der Waals surface area (Å²) < 4.78 is 0. The number of aromatic nitrogens is 2. The molecule has 0 aliphatic rings. The van der Waals surface area contributed by atoms with Gasteiger partial charge in [0, 0.05) is 17.3 Å². The van der Waals surface area contributed by atoms with Gasteiger partial charge in [0.1, 0.15) is 0 Å². The third-order valence-electron chi connectivity index (χ3n) is 3.97. The van der Waals surface area contributed by atoms with Crippen molar-refractivity contribution in [2.24, 2.45) is 0 Å². The molecule has 25 heavy (non-hydrogen) atoms. The van der Waals surface area contributed by atoms with Gasteiger partial charge in [-0.05, 0) is 48.7 Å². The van der Waals surface area contributed by atoms with Crippen LogP contribution in [0.3, 0.4) is 0 Å². The average Bonchev–Trinajstić information content (AvgIpc) is 3.16. The number of nitrogens with one attached hydrogen (secondary N) is 1. The number of anilines is 1. The molecule has 4 nitrogen and oxygen atoms in total. The van der Waals surface area contributed by atoms with Crippen LogP contribution >= 0.6 is 11.3 Å². The summed E-state index contributed by atoms with van der Waals surface area (Å²) in [6.45, 7) is 1.86. The standard InChI is InChI=1S/C20H15N3OS/c1-13-16(8-9-17(22-13)19-5-3-11-25-19)20(24)23-15-7-6-14-4-2-10-21-18(14)12-15/h2-12H,1H3,(H,23,24). The Bertz CT molecular complexity index is 1060. The number of carbonyl (C=O) groups is 1. The predicted octanol–water partition coefficient (Wildman–Crippen LogP) is 4.92. The molecule has 122 valence electrons. The maximum Gasteiger partial charge on any atom is 0.257 e. The van der Waals surface area contributed by atoms with Crippen LogP contribution in [0.1, 0.15) is 16.1 Å². The second-order valence-corrected chi connectivity index (χ2v) is 6.62. The van der Waals surface area contributed by atoms with Crippen LogP contribution in [-0.2, 0) is 0 Å². The monoisotopic (exact) mass is 345 g/mol. The summed E-state index contributed by atoms with van der Waals surface area (Å²) >= 11 is 1.63. The fourth-order valence-corrected chi connectivity index (χ4v) is 3.40. The number of thiophene rings is 1. The van der Waals surface area contributed by atoms with Crippen LogP contribution < -0.4 is 5.32 Å². The zero-order valence-corrected chi connectivity index (χ0v) is 14.4. The topological polar surface area (TPSA) is 54.9 Å². The van der Waals surface area contributed by atoms with Crippen LogP contribution in [0.15, 0.2) is 66.2 Å². The highest BCUT2D eigenvalue weighted by Gasteiger charge is 2.12. The van der Waals surface area contributed by atoms with Gasteiger partial charge in [-0.2, -0.15) is 0 Å². The zero-order chi connectivity index (χ0) is 17.2. The SMILES string of the molecule is Cc1nc(-c2cccs2)ccc1C(=O)Nc1ccc2cccnc2c1. The normalized spacial score (nSPS) is 10.8. The second-order valence-electron chi connectivity index (χ2n) is 5.67. The van der Waals surface area contributed by atoms with Crippen LogP contribution in [0, 0.1) is 6.92 Å². The van der Waals surface area contributed by atoms with E-state index >= 15 is 0 Å². The molecule has 0 unspecified atom stereocenters. The molecule has 4 rings (SSSR count). The number of aryl methyl sites for hydroxylation is 1. The molecule has 0 radical (unpaired) electrons. The lowest BCUT2D eigenvalue weighted by Crippen LogP contribution is -2.14. The Morgan fingerprint density at radius 2 is 2.00 bits per heavy atom. The summed E-state index contributed by atoms with van der Waals surface area (Å²) in [6, 6.07) is 17.3. The number of fused-ring (bicyclic) bond motifs is 1. The summed E-state index contributed by atoms with van der Waals surface area (Å²) in [5.74, 6) is -0.169. The minimum atomic E-state index is -0.169. The summed E-state index contributed by atoms with van der Waals surface area (Å²) in [5, 5.41) is 5.98. The van der Waals surface area contributed by atoms with Crippen LogP contribution in [-0.4, -0.2) is 15.9 Å². The molecule has 0 saturated carbocycles. The Labute approximate surface area is 149 Å². The van der Waals surface area contributed by atoms with Crippen molar-refractivity contribution in [1.29, 1.82) is 0 Å². The smallest absolute Gasteiger partial charge is 0.257 e. The number of pyridine rings is 2. The summed E-state index contributed by atoms with van der Waals surface area (Å²) in [7, 11) is 0. The highest BCUT2D eigenvalue weighted by molar-refractivity contribution is 7.13. The van der Waals surface area contributed by atoms with Crippen molar-refractivity contribution < 1.29 is 4.79 Å². The number of carbonyl (C=O) groups excluding carboxylic acids is 1. The van der Waals surface area contributed by atoms with Crippen molar-refractivity contribution in [1.82, 2.24) is 9.97 Å².